The van der Waals surface area contributed by atoms with Gasteiger partial charge in [0.1, 0.15) is 0 Å². The number of carboxylic acid groups (broad SMARTS) is 2. The highest BCUT2D eigenvalue weighted by Gasteiger charge is 2.36. The summed E-state index contributed by atoms with van der Waals surface area (Å²) in [4.78, 5) is 21.6. The number of carboxylic acids is 2. The van der Waals surface area contributed by atoms with E-state index in [0.29, 0.717) is 37.5 Å². The SMILES string of the molecule is O=C([O-])C1CCC2CC(C(=O)[O-])CCC2C1. The fraction of sp³-hybridized carbons (Fsp3) is 0.833. The van der Waals surface area contributed by atoms with Crippen LogP contribution in [0.15, 0.2) is 0 Å². The van der Waals surface area contributed by atoms with Crippen LogP contribution in [0.3, 0.4) is 0 Å². The summed E-state index contributed by atoms with van der Waals surface area (Å²) in [7, 11) is 0. The van der Waals surface area contributed by atoms with Crippen LogP contribution in [0, 0.1) is 23.7 Å². The predicted octanol–water partition coefficient (Wildman–Crippen LogP) is -0.681. The summed E-state index contributed by atoms with van der Waals surface area (Å²) < 4.78 is 0. The Balaban J connectivity index is 1.95. The van der Waals surface area contributed by atoms with Crippen molar-refractivity contribution in [3.8, 4) is 0 Å². The average molecular weight is 224 g/mol. The van der Waals surface area contributed by atoms with Gasteiger partial charge in [-0.1, -0.05) is 0 Å². The van der Waals surface area contributed by atoms with Gasteiger partial charge in [-0.2, -0.15) is 0 Å². The van der Waals surface area contributed by atoms with Gasteiger partial charge in [0.2, 0.25) is 0 Å². The number of hydrogen-bond donors (Lipinski definition) is 0. The molecule has 0 amide bonds. The third kappa shape index (κ3) is 2.20. The maximum atomic E-state index is 10.8. The highest BCUT2D eigenvalue weighted by molar-refractivity contribution is 5.68. The second kappa shape index (κ2) is 4.44. The minimum absolute atomic E-state index is 0.319. The third-order valence-electron chi connectivity index (χ3n) is 4.28. The Morgan fingerprint density at radius 1 is 0.750 bits per heavy atom. The molecule has 0 radical (unpaired) electrons. The maximum Gasteiger partial charge on any atom is 0.0445 e. The summed E-state index contributed by atoms with van der Waals surface area (Å²) >= 11 is 0. The molecule has 2 saturated carbocycles. The molecular formula is C12H16O4-2. The Morgan fingerprint density at radius 3 is 1.44 bits per heavy atom. The van der Waals surface area contributed by atoms with Gasteiger partial charge in [-0.05, 0) is 62.2 Å². The van der Waals surface area contributed by atoms with Crippen LogP contribution in [0.5, 0.6) is 0 Å². The quantitative estimate of drug-likeness (QED) is 0.622. The molecule has 0 aliphatic heterocycles. The lowest BCUT2D eigenvalue weighted by Gasteiger charge is -2.42. The van der Waals surface area contributed by atoms with E-state index in [1.165, 1.54) is 0 Å². The smallest absolute Gasteiger partial charge is 0.0445 e. The Hall–Kier alpha value is -1.06. The number of carbonyl (C=O) groups is 2. The van der Waals surface area contributed by atoms with E-state index in [1.807, 2.05) is 0 Å². The van der Waals surface area contributed by atoms with E-state index in [-0.39, 0.29) is 11.8 Å². The van der Waals surface area contributed by atoms with Crippen molar-refractivity contribution >= 4 is 11.9 Å². The Labute approximate surface area is 94.7 Å². The number of carbonyl (C=O) groups excluding carboxylic acids is 2. The van der Waals surface area contributed by atoms with Crippen molar-refractivity contribution in [1.29, 1.82) is 0 Å². The summed E-state index contributed by atoms with van der Waals surface area (Å²) in [6.07, 6.45) is 4.28. The molecule has 2 rings (SSSR count). The fourth-order valence-electron chi connectivity index (χ4n) is 3.32. The van der Waals surface area contributed by atoms with E-state index >= 15 is 0 Å². The van der Waals surface area contributed by atoms with E-state index in [0.717, 1.165) is 12.8 Å². The highest BCUT2D eigenvalue weighted by atomic mass is 16.4. The fourth-order valence-corrected chi connectivity index (χ4v) is 3.32. The summed E-state index contributed by atoms with van der Waals surface area (Å²) in [5, 5.41) is 21.6. The molecule has 0 aromatic heterocycles. The van der Waals surface area contributed by atoms with Crippen molar-refractivity contribution in [1.82, 2.24) is 0 Å². The van der Waals surface area contributed by atoms with E-state index in [2.05, 4.69) is 0 Å². The van der Waals surface area contributed by atoms with Gasteiger partial charge in [0.15, 0.2) is 0 Å². The van der Waals surface area contributed by atoms with E-state index < -0.39 is 11.9 Å². The number of fused-ring (bicyclic) bond motifs is 1. The second-order valence-corrected chi connectivity index (χ2v) is 5.18. The zero-order chi connectivity index (χ0) is 11.7. The first-order chi connectivity index (χ1) is 7.58. The third-order valence-corrected chi connectivity index (χ3v) is 4.28. The lowest BCUT2D eigenvalue weighted by atomic mass is 9.65. The molecule has 4 nitrogen and oxygen atoms in total. The molecule has 2 aliphatic carbocycles. The summed E-state index contributed by atoms with van der Waals surface area (Å²) in [5.74, 6) is -1.76. The van der Waals surface area contributed by atoms with Gasteiger partial charge < -0.3 is 19.8 Å². The van der Waals surface area contributed by atoms with Crippen molar-refractivity contribution in [2.45, 2.75) is 38.5 Å². The minimum Gasteiger partial charge on any atom is -0.550 e. The maximum absolute atomic E-state index is 10.8. The van der Waals surface area contributed by atoms with Crippen LogP contribution in [-0.4, -0.2) is 11.9 Å². The van der Waals surface area contributed by atoms with Crippen molar-refractivity contribution in [3.63, 3.8) is 0 Å². The Bertz CT molecular complexity index is 269. The van der Waals surface area contributed by atoms with Crippen LogP contribution in [0.4, 0.5) is 0 Å². The first-order valence-corrected chi connectivity index (χ1v) is 5.99. The molecule has 0 N–H and O–H groups in total. The first kappa shape index (κ1) is 11.4. The van der Waals surface area contributed by atoms with E-state index in [1.54, 1.807) is 0 Å². The number of rotatable bonds is 2. The molecule has 0 spiro atoms. The van der Waals surface area contributed by atoms with Crippen molar-refractivity contribution in [2.24, 2.45) is 23.7 Å². The average Bonchev–Trinajstić information content (AvgIpc) is 2.27. The van der Waals surface area contributed by atoms with Gasteiger partial charge in [0.05, 0.1) is 0 Å². The van der Waals surface area contributed by atoms with Gasteiger partial charge in [-0.15, -0.1) is 0 Å². The zero-order valence-corrected chi connectivity index (χ0v) is 9.19. The lowest BCUT2D eigenvalue weighted by Crippen LogP contribution is -2.42. The van der Waals surface area contributed by atoms with Crippen LogP contribution in [-0.2, 0) is 9.59 Å². The molecule has 90 valence electrons. The molecule has 4 unspecified atom stereocenters. The molecule has 4 heteroatoms. The summed E-state index contributed by atoms with van der Waals surface area (Å²) in [6, 6.07) is 0. The molecule has 2 aliphatic rings. The monoisotopic (exact) mass is 224 g/mol. The molecule has 0 saturated heterocycles. The van der Waals surface area contributed by atoms with Gasteiger partial charge in [-0.3, -0.25) is 0 Å². The number of hydrogen-bond acceptors (Lipinski definition) is 4. The molecule has 4 atom stereocenters. The normalized spacial score (nSPS) is 38.8. The van der Waals surface area contributed by atoms with Crippen LogP contribution >= 0.6 is 0 Å². The minimum atomic E-state index is -0.944. The van der Waals surface area contributed by atoms with Gasteiger partial charge >= 0.3 is 0 Å². The second-order valence-electron chi connectivity index (χ2n) is 5.18. The number of aliphatic carboxylic acids is 2. The molecule has 0 aromatic rings. The van der Waals surface area contributed by atoms with E-state index in [9.17, 15) is 19.8 Å². The molecule has 0 heterocycles. The van der Waals surface area contributed by atoms with Crippen molar-refractivity contribution < 1.29 is 19.8 Å². The lowest BCUT2D eigenvalue weighted by molar-refractivity contribution is -0.316. The largest absolute Gasteiger partial charge is 0.550 e. The van der Waals surface area contributed by atoms with Crippen molar-refractivity contribution in [2.75, 3.05) is 0 Å². The van der Waals surface area contributed by atoms with Gasteiger partial charge in [-0.25, -0.2) is 0 Å². The molecule has 16 heavy (non-hydrogen) atoms. The molecule has 2 fully saturated rings. The van der Waals surface area contributed by atoms with Crippen LogP contribution in [0.1, 0.15) is 38.5 Å². The molecule has 0 aromatic carbocycles. The van der Waals surface area contributed by atoms with Crippen molar-refractivity contribution in [3.05, 3.63) is 0 Å². The summed E-state index contributed by atoms with van der Waals surface area (Å²) in [6.45, 7) is 0. The first-order valence-electron chi connectivity index (χ1n) is 5.99. The van der Waals surface area contributed by atoms with Gasteiger partial charge in [0.25, 0.3) is 0 Å². The topological polar surface area (TPSA) is 80.3 Å². The van der Waals surface area contributed by atoms with Crippen LogP contribution in [0.25, 0.3) is 0 Å². The van der Waals surface area contributed by atoms with E-state index in [4.69, 9.17) is 0 Å². The molecular weight excluding hydrogens is 208 g/mol. The van der Waals surface area contributed by atoms with Crippen LogP contribution in [0.2, 0.25) is 0 Å². The Kier molecular flexibility index (Phi) is 3.17. The Morgan fingerprint density at radius 2 is 1.12 bits per heavy atom. The van der Waals surface area contributed by atoms with Crippen LogP contribution < -0.4 is 10.2 Å². The predicted molar refractivity (Wildman–Crippen MR) is 51.7 cm³/mol. The van der Waals surface area contributed by atoms with Gasteiger partial charge in [0, 0.05) is 11.9 Å². The summed E-state index contributed by atoms with van der Waals surface area (Å²) in [5.41, 5.74) is 0. The molecule has 0 bridgehead atoms. The standard InChI is InChI=1S/C12H18O4/c13-11(14)9-3-1-7-5-10(12(15)16)4-2-8(7)6-9/h7-10H,1-6H2,(H,13,14)(H,15,16)/p-2. The highest BCUT2D eigenvalue weighted by Crippen LogP contribution is 2.44. The zero-order valence-electron chi connectivity index (χ0n) is 9.19.